The molecule has 1 aliphatic heterocycles. The van der Waals surface area contributed by atoms with Gasteiger partial charge < -0.3 is 20.7 Å². The summed E-state index contributed by atoms with van der Waals surface area (Å²) in [6.45, 7) is 11.2. The number of carbonyl (C=O) groups is 1. The fourth-order valence-corrected chi connectivity index (χ4v) is 6.53. The summed E-state index contributed by atoms with van der Waals surface area (Å²) in [5, 5.41) is 10.9. The van der Waals surface area contributed by atoms with E-state index in [1.807, 2.05) is 30.3 Å². The van der Waals surface area contributed by atoms with Crippen LogP contribution in [0.2, 0.25) is 5.02 Å². The Labute approximate surface area is 269 Å². The summed E-state index contributed by atoms with van der Waals surface area (Å²) < 4.78 is 21.1. The number of benzene rings is 2. The van der Waals surface area contributed by atoms with Crippen LogP contribution in [0.3, 0.4) is 0 Å². The Balaban J connectivity index is 1.63. The van der Waals surface area contributed by atoms with Crippen LogP contribution >= 0.6 is 24.2 Å². The first-order valence-electron chi connectivity index (χ1n) is 16.2. The number of nitrogens with one attached hydrogen (secondary N) is 3. The minimum absolute atomic E-state index is 0.0300. The second kappa shape index (κ2) is 19.0. The molecule has 5 unspecified atom stereocenters. The van der Waals surface area contributed by atoms with Gasteiger partial charge in [-0.25, -0.2) is 4.39 Å². The largest absolute Gasteiger partial charge is 0.378 e. The third-order valence-electron chi connectivity index (χ3n) is 8.78. The highest BCUT2D eigenvalue weighted by atomic mass is 35.5. The smallest absolute Gasteiger partial charge is 0.225 e. The maximum atomic E-state index is 15.1. The topological polar surface area (TPSA) is 62.4 Å². The Morgan fingerprint density at radius 2 is 1.86 bits per heavy atom. The molecule has 5 atom stereocenters. The van der Waals surface area contributed by atoms with E-state index in [-0.39, 0.29) is 29.8 Å². The highest BCUT2D eigenvalue weighted by Crippen LogP contribution is 2.39. The van der Waals surface area contributed by atoms with Gasteiger partial charge in [-0.3, -0.25) is 4.79 Å². The molecule has 1 aliphatic rings. The average molecular weight is 634 g/mol. The van der Waals surface area contributed by atoms with Crippen LogP contribution in [0.4, 0.5) is 10.1 Å². The summed E-state index contributed by atoms with van der Waals surface area (Å²) in [4.78, 5) is 13.5. The van der Waals surface area contributed by atoms with Gasteiger partial charge in [0.1, 0.15) is 5.82 Å². The van der Waals surface area contributed by atoms with Crippen molar-refractivity contribution < 1.29 is 13.9 Å². The van der Waals surface area contributed by atoms with E-state index < -0.39 is 0 Å². The van der Waals surface area contributed by atoms with Gasteiger partial charge >= 0.3 is 0 Å². The number of anilines is 1. The molecule has 1 saturated heterocycles. The van der Waals surface area contributed by atoms with E-state index in [1.165, 1.54) is 6.07 Å². The van der Waals surface area contributed by atoms with Gasteiger partial charge in [-0.2, -0.15) is 12.6 Å². The molecule has 240 valence electrons. The molecule has 43 heavy (non-hydrogen) atoms. The predicted molar refractivity (Wildman–Crippen MR) is 182 cm³/mol. The maximum Gasteiger partial charge on any atom is 0.225 e. The van der Waals surface area contributed by atoms with E-state index in [1.54, 1.807) is 6.07 Å². The lowest BCUT2D eigenvalue weighted by Crippen LogP contribution is -2.35. The molecule has 1 heterocycles. The summed E-state index contributed by atoms with van der Waals surface area (Å²) in [5.74, 6) is 1.30. The Hall–Kier alpha value is -1.64. The lowest BCUT2D eigenvalue weighted by Gasteiger charge is -2.36. The van der Waals surface area contributed by atoms with Crippen LogP contribution in [0.1, 0.15) is 89.7 Å². The maximum absolute atomic E-state index is 15.1. The van der Waals surface area contributed by atoms with Crippen molar-refractivity contribution in [1.29, 1.82) is 0 Å². The standard InChI is InChI=1S/C35H53ClFN3O2S/c1-5-38-29(8-7-21-43)17-19-39-25(4)11-16-30-32(37)9-6-10-33(30)40-35(41)23-31(26-12-14-28(36)15-13-26)27-18-20-42-34(22-27)24(2)3/h6,9-10,12-15,24-25,27,29,31,34,38-39,43H,5,7-8,11,16-23H2,1-4H3,(H,40,41). The summed E-state index contributed by atoms with van der Waals surface area (Å²) >= 11 is 10.5. The summed E-state index contributed by atoms with van der Waals surface area (Å²) in [7, 11) is 0. The van der Waals surface area contributed by atoms with Crippen molar-refractivity contribution in [2.45, 2.75) is 103 Å². The highest BCUT2D eigenvalue weighted by molar-refractivity contribution is 7.80. The van der Waals surface area contributed by atoms with Gasteiger partial charge in [0.25, 0.3) is 0 Å². The third kappa shape index (κ3) is 12.0. The van der Waals surface area contributed by atoms with E-state index in [4.69, 9.17) is 16.3 Å². The normalized spacial score (nSPS) is 19.3. The van der Waals surface area contributed by atoms with Crippen LogP contribution in [0.5, 0.6) is 0 Å². The molecular weight excluding hydrogens is 581 g/mol. The molecule has 0 aromatic heterocycles. The Morgan fingerprint density at radius 1 is 1.09 bits per heavy atom. The summed E-state index contributed by atoms with van der Waals surface area (Å²) in [6.07, 6.45) is 6.93. The van der Waals surface area contributed by atoms with Crippen molar-refractivity contribution >= 4 is 35.8 Å². The number of hydrogen-bond acceptors (Lipinski definition) is 5. The second-order valence-electron chi connectivity index (χ2n) is 12.4. The van der Waals surface area contributed by atoms with Crippen molar-refractivity contribution in [3.63, 3.8) is 0 Å². The van der Waals surface area contributed by atoms with Gasteiger partial charge in [0.2, 0.25) is 5.91 Å². The van der Waals surface area contributed by atoms with Gasteiger partial charge in [0.05, 0.1) is 6.10 Å². The number of hydrogen-bond donors (Lipinski definition) is 4. The first-order valence-corrected chi connectivity index (χ1v) is 17.2. The van der Waals surface area contributed by atoms with E-state index >= 15 is 4.39 Å². The SMILES string of the molecule is CCNC(CCCS)CCNC(C)CCc1c(F)cccc1NC(=O)CC(c1ccc(Cl)cc1)C1CCOC(C(C)C)C1. The van der Waals surface area contributed by atoms with E-state index in [0.29, 0.717) is 53.6 Å². The van der Waals surface area contributed by atoms with Crippen LogP contribution in [0, 0.1) is 17.7 Å². The molecule has 3 rings (SSSR count). The van der Waals surface area contributed by atoms with Crippen molar-refractivity contribution in [3.05, 3.63) is 64.4 Å². The quantitative estimate of drug-likeness (QED) is 0.126. The Morgan fingerprint density at radius 3 is 2.56 bits per heavy atom. The number of halogens is 2. The van der Waals surface area contributed by atoms with E-state index in [0.717, 1.165) is 62.9 Å². The van der Waals surface area contributed by atoms with Crippen molar-refractivity contribution in [1.82, 2.24) is 10.6 Å². The van der Waals surface area contributed by atoms with Crippen molar-refractivity contribution in [3.8, 4) is 0 Å². The number of ether oxygens (including phenoxy) is 1. The lowest BCUT2D eigenvalue weighted by atomic mass is 9.76. The Kier molecular flexibility index (Phi) is 15.8. The molecule has 1 amide bonds. The van der Waals surface area contributed by atoms with Gasteiger partial charge in [-0.15, -0.1) is 0 Å². The summed E-state index contributed by atoms with van der Waals surface area (Å²) in [6, 6.07) is 13.5. The average Bonchev–Trinajstić information content (AvgIpc) is 2.99. The zero-order valence-corrected chi connectivity index (χ0v) is 28.2. The zero-order valence-electron chi connectivity index (χ0n) is 26.5. The monoisotopic (exact) mass is 633 g/mol. The van der Waals surface area contributed by atoms with Gasteiger partial charge in [0.15, 0.2) is 0 Å². The molecule has 1 fully saturated rings. The number of thiol groups is 1. The van der Waals surface area contributed by atoms with Gasteiger partial charge in [-0.1, -0.05) is 50.6 Å². The molecular formula is C35H53ClFN3O2S. The fraction of sp³-hybridized carbons (Fsp3) is 0.629. The molecule has 5 nitrogen and oxygen atoms in total. The number of carbonyl (C=O) groups excluding carboxylic acids is 1. The molecule has 0 saturated carbocycles. The lowest BCUT2D eigenvalue weighted by molar-refractivity contribution is -0.117. The van der Waals surface area contributed by atoms with Crippen LogP contribution in [0.15, 0.2) is 42.5 Å². The first kappa shape index (κ1) is 35.8. The number of amides is 1. The van der Waals surface area contributed by atoms with Crippen LogP contribution in [-0.2, 0) is 16.0 Å². The van der Waals surface area contributed by atoms with Gasteiger partial charge in [-0.05, 0) is 118 Å². The summed E-state index contributed by atoms with van der Waals surface area (Å²) in [5.41, 5.74) is 2.24. The van der Waals surface area contributed by atoms with Crippen LogP contribution in [0.25, 0.3) is 0 Å². The number of rotatable bonds is 18. The second-order valence-corrected chi connectivity index (χ2v) is 13.3. The highest BCUT2D eigenvalue weighted by Gasteiger charge is 2.33. The minimum Gasteiger partial charge on any atom is -0.378 e. The van der Waals surface area contributed by atoms with Gasteiger partial charge in [0, 0.05) is 41.4 Å². The zero-order chi connectivity index (χ0) is 31.2. The molecule has 3 N–H and O–H groups in total. The van der Waals surface area contributed by atoms with E-state index in [2.05, 4.69) is 56.3 Å². The molecule has 2 aromatic rings. The predicted octanol–water partition coefficient (Wildman–Crippen LogP) is 8.03. The van der Waals surface area contributed by atoms with Crippen LogP contribution < -0.4 is 16.0 Å². The van der Waals surface area contributed by atoms with E-state index in [9.17, 15) is 4.79 Å². The van der Waals surface area contributed by atoms with Crippen molar-refractivity contribution in [2.24, 2.45) is 11.8 Å². The molecule has 0 aliphatic carbocycles. The Bertz CT molecular complexity index is 1100. The van der Waals surface area contributed by atoms with Crippen LogP contribution in [-0.4, -0.2) is 49.5 Å². The minimum atomic E-state index is -0.276. The molecule has 2 aromatic carbocycles. The molecule has 0 radical (unpaired) electrons. The van der Waals surface area contributed by atoms with Crippen molar-refractivity contribution in [2.75, 3.05) is 30.8 Å². The third-order valence-corrected chi connectivity index (χ3v) is 9.35. The molecule has 8 heteroatoms. The fourth-order valence-electron chi connectivity index (χ4n) is 6.22. The molecule has 0 spiro atoms. The molecule has 0 bridgehead atoms. The first-order chi connectivity index (χ1) is 20.7.